The van der Waals surface area contributed by atoms with Gasteiger partial charge >= 0.3 is 12.6 Å². The van der Waals surface area contributed by atoms with Crippen LogP contribution in [0.4, 0.5) is 8.78 Å². The number of nitrogens with one attached hydrogen (secondary N) is 2. The van der Waals surface area contributed by atoms with Gasteiger partial charge in [-0.25, -0.2) is 0 Å². The second kappa shape index (κ2) is 12.9. The zero-order valence-corrected chi connectivity index (χ0v) is 17.8. The van der Waals surface area contributed by atoms with Crippen molar-refractivity contribution in [2.45, 2.75) is 39.5 Å². The molecule has 6 nitrogen and oxygen atoms in total. The molecular formula is C16H23ClF2IN3O3. The van der Waals surface area contributed by atoms with Gasteiger partial charge < -0.3 is 20.1 Å². The van der Waals surface area contributed by atoms with E-state index in [1.54, 1.807) is 20.9 Å². The first-order valence-corrected chi connectivity index (χ1v) is 8.06. The van der Waals surface area contributed by atoms with Crippen molar-refractivity contribution in [1.29, 1.82) is 0 Å². The number of hydrogen-bond donors (Lipinski definition) is 2. The quantitative estimate of drug-likeness (QED) is 0.245. The van der Waals surface area contributed by atoms with E-state index < -0.39 is 6.61 Å². The standard InChI is InChI=1S/C16H22ClF2N3O3.HI/c1-10(2)24-14(23)6-7-21-16(20-3)22-9-11-8-12(17)4-5-13(11)25-15(18)19;/h4-5,8,10,15H,6-7,9H2,1-3H3,(H2,20,21,22);1H. The maximum absolute atomic E-state index is 12.4. The van der Waals surface area contributed by atoms with Gasteiger partial charge in [-0.1, -0.05) is 11.6 Å². The Morgan fingerprint density at radius 2 is 2.00 bits per heavy atom. The molecule has 1 aromatic carbocycles. The number of esters is 1. The zero-order chi connectivity index (χ0) is 18.8. The molecule has 0 spiro atoms. The number of guanidine groups is 1. The van der Waals surface area contributed by atoms with Gasteiger partial charge in [-0.2, -0.15) is 8.78 Å². The number of hydrogen-bond acceptors (Lipinski definition) is 4. The molecule has 0 saturated heterocycles. The molecule has 0 heterocycles. The van der Waals surface area contributed by atoms with Gasteiger partial charge in [-0.3, -0.25) is 9.79 Å². The Labute approximate surface area is 173 Å². The van der Waals surface area contributed by atoms with E-state index in [9.17, 15) is 13.6 Å². The van der Waals surface area contributed by atoms with Crippen LogP contribution in [0.5, 0.6) is 5.75 Å². The summed E-state index contributed by atoms with van der Waals surface area (Å²) in [6, 6.07) is 4.37. The fourth-order valence-corrected chi connectivity index (χ4v) is 2.10. The number of aliphatic imine (C=N–C) groups is 1. The summed E-state index contributed by atoms with van der Waals surface area (Å²) in [5, 5.41) is 6.28. The second-order valence-electron chi connectivity index (χ2n) is 5.27. The van der Waals surface area contributed by atoms with Crippen LogP contribution in [-0.2, 0) is 16.1 Å². The number of carbonyl (C=O) groups excluding carboxylic acids is 1. The zero-order valence-electron chi connectivity index (χ0n) is 14.7. The maximum Gasteiger partial charge on any atom is 0.387 e. The summed E-state index contributed by atoms with van der Waals surface area (Å²) in [6.07, 6.45) is 0.0107. The van der Waals surface area contributed by atoms with Crippen LogP contribution in [0, 0.1) is 0 Å². The van der Waals surface area contributed by atoms with E-state index in [0.29, 0.717) is 23.1 Å². The first-order valence-electron chi connectivity index (χ1n) is 7.69. The summed E-state index contributed by atoms with van der Waals surface area (Å²) in [6.45, 7) is 1.11. The normalized spacial score (nSPS) is 11.2. The van der Waals surface area contributed by atoms with Crippen LogP contribution in [-0.4, -0.2) is 38.2 Å². The summed E-state index contributed by atoms with van der Waals surface area (Å²) >= 11 is 5.89. The van der Waals surface area contributed by atoms with Crippen molar-refractivity contribution in [1.82, 2.24) is 10.6 Å². The molecule has 0 atom stereocenters. The topological polar surface area (TPSA) is 72.0 Å². The van der Waals surface area contributed by atoms with E-state index in [0.717, 1.165) is 0 Å². The Kier molecular flexibility index (Phi) is 12.2. The maximum atomic E-state index is 12.4. The van der Waals surface area contributed by atoms with Crippen molar-refractivity contribution in [3.63, 3.8) is 0 Å². The average molecular weight is 506 g/mol. The smallest absolute Gasteiger partial charge is 0.387 e. The number of halogens is 4. The van der Waals surface area contributed by atoms with Crippen LogP contribution in [0.2, 0.25) is 5.02 Å². The predicted octanol–water partition coefficient (Wildman–Crippen LogP) is 3.57. The molecule has 0 unspecified atom stereocenters. The van der Waals surface area contributed by atoms with Crippen molar-refractivity contribution < 1.29 is 23.0 Å². The van der Waals surface area contributed by atoms with Gasteiger partial charge in [-0.15, -0.1) is 24.0 Å². The second-order valence-corrected chi connectivity index (χ2v) is 5.71. The Bertz CT molecular complexity index is 604. The third-order valence-electron chi connectivity index (χ3n) is 2.90. The lowest BCUT2D eigenvalue weighted by Crippen LogP contribution is -2.38. The molecule has 0 aliphatic heterocycles. The largest absolute Gasteiger partial charge is 0.463 e. The first-order chi connectivity index (χ1) is 11.8. The van der Waals surface area contributed by atoms with Crippen LogP contribution >= 0.6 is 35.6 Å². The summed E-state index contributed by atoms with van der Waals surface area (Å²) in [5.74, 6) is 0.114. The minimum atomic E-state index is -2.93. The Hall–Kier alpha value is -1.36. The molecule has 0 amide bonds. The Morgan fingerprint density at radius 1 is 1.31 bits per heavy atom. The molecule has 0 saturated carbocycles. The molecule has 1 rings (SSSR count). The molecule has 26 heavy (non-hydrogen) atoms. The third-order valence-corrected chi connectivity index (χ3v) is 3.13. The van der Waals surface area contributed by atoms with Gasteiger partial charge in [0, 0.05) is 30.7 Å². The van der Waals surface area contributed by atoms with Gasteiger partial charge in [0.2, 0.25) is 0 Å². The number of benzene rings is 1. The van der Waals surface area contributed by atoms with E-state index in [2.05, 4.69) is 20.4 Å². The minimum Gasteiger partial charge on any atom is -0.463 e. The highest BCUT2D eigenvalue weighted by Gasteiger charge is 2.11. The molecule has 10 heteroatoms. The number of nitrogens with zero attached hydrogens (tertiary/aromatic N) is 1. The van der Waals surface area contributed by atoms with Crippen molar-refractivity contribution >= 4 is 47.5 Å². The van der Waals surface area contributed by atoms with E-state index in [-0.39, 0.29) is 54.8 Å². The van der Waals surface area contributed by atoms with Crippen molar-refractivity contribution in [2.24, 2.45) is 4.99 Å². The van der Waals surface area contributed by atoms with Crippen LogP contribution in [0.3, 0.4) is 0 Å². The summed E-state index contributed by atoms with van der Waals surface area (Å²) < 4.78 is 34.4. The first kappa shape index (κ1) is 24.6. The number of ether oxygens (including phenoxy) is 2. The van der Waals surface area contributed by atoms with E-state index in [1.807, 2.05) is 0 Å². The van der Waals surface area contributed by atoms with Crippen LogP contribution < -0.4 is 15.4 Å². The number of alkyl halides is 2. The SMILES string of the molecule is CN=C(NCCC(=O)OC(C)C)NCc1cc(Cl)ccc1OC(F)F.I. The molecular weight excluding hydrogens is 483 g/mol. The van der Waals surface area contributed by atoms with Crippen molar-refractivity contribution in [3.05, 3.63) is 28.8 Å². The van der Waals surface area contributed by atoms with Crippen molar-refractivity contribution in [2.75, 3.05) is 13.6 Å². The van der Waals surface area contributed by atoms with Gasteiger partial charge in [0.05, 0.1) is 12.5 Å². The highest BCUT2D eigenvalue weighted by Crippen LogP contribution is 2.24. The molecule has 0 aliphatic rings. The fourth-order valence-electron chi connectivity index (χ4n) is 1.90. The molecule has 2 N–H and O–H groups in total. The average Bonchev–Trinajstić information content (AvgIpc) is 2.51. The van der Waals surface area contributed by atoms with Gasteiger partial charge in [0.25, 0.3) is 0 Å². The monoisotopic (exact) mass is 505 g/mol. The lowest BCUT2D eigenvalue weighted by atomic mass is 10.2. The Morgan fingerprint density at radius 3 is 2.58 bits per heavy atom. The molecule has 0 aliphatic carbocycles. The van der Waals surface area contributed by atoms with Gasteiger partial charge in [-0.05, 0) is 32.0 Å². The van der Waals surface area contributed by atoms with Gasteiger partial charge in [0.1, 0.15) is 5.75 Å². The molecule has 0 aromatic heterocycles. The summed E-state index contributed by atoms with van der Waals surface area (Å²) in [7, 11) is 1.55. The highest BCUT2D eigenvalue weighted by atomic mass is 127. The molecule has 0 radical (unpaired) electrons. The van der Waals surface area contributed by atoms with E-state index in [1.165, 1.54) is 18.2 Å². The van der Waals surface area contributed by atoms with Crippen LogP contribution in [0.1, 0.15) is 25.8 Å². The molecule has 0 bridgehead atoms. The van der Waals surface area contributed by atoms with Crippen LogP contribution in [0.25, 0.3) is 0 Å². The molecule has 1 aromatic rings. The number of carbonyl (C=O) groups is 1. The summed E-state index contributed by atoms with van der Waals surface area (Å²) in [4.78, 5) is 15.5. The third kappa shape index (κ3) is 9.95. The van der Waals surface area contributed by atoms with Crippen molar-refractivity contribution in [3.8, 4) is 5.75 Å². The number of rotatable bonds is 8. The Balaban J connectivity index is 0.00000625. The van der Waals surface area contributed by atoms with E-state index in [4.69, 9.17) is 16.3 Å². The lowest BCUT2D eigenvalue weighted by molar-refractivity contribution is -0.147. The lowest BCUT2D eigenvalue weighted by Gasteiger charge is -2.15. The minimum absolute atomic E-state index is 0. The van der Waals surface area contributed by atoms with Crippen LogP contribution in [0.15, 0.2) is 23.2 Å². The fraction of sp³-hybridized carbons (Fsp3) is 0.500. The molecule has 0 fully saturated rings. The predicted molar refractivity (Wildman–Crippen MR) is 108 cm³/mol. The highest BCUT2D eigenvalue weighted by molar-refractivity contribution is 14.0. The summed E-state index contributed by atoms with van der Waals surface area (Å²) in [5.41, 5.74) is 0.454. The van der Waals surface area contributed by atoms with E-state index >= 15 is 0 Å². The van der Waals surface area contributed by atoms with Gasteiger partial charge in [0.15, 0.2) is 5.96 Å². The molecule has 148 valence electrons.